The Balaban J connectivity index is 2.92. The van der Waals surface area contributed by atoms with Crippen molar-refractivity contribution in [2.75, 3.05) is 0 Å². The minimum atomic E-state index is 0.0745. The topological polar surface area (TPSA) is 30.0 Å². The summed E-state index contributed by atoms with van der Waals surface area (Å²) in [5, 5.41) is 0.649. The van der Waals surface area contributed by atoms with Gasteiger partial charge in [-0.1, -0.05) is 13.3 Å². The van der Waals surface area contributed by atoms with Crippen LogP contribution in [0.1, 0.15) is 40.6 Å². The van der Waals surface area contributed by atoms with Crippen LogP contribution in [0.2, 0.25) is 0 Å². The van der Waals surface area contributed by atoms with Crippen LogP contribution in [-0.4, -0.2) is 10.8 Å². The molecule has 0 unspecified atom stereocenters. The molecular formula is C9H13NOS. The van der Waals surface area contributed by atoms with Gasteiger partial charge in [-0.3, -0.25) is 4.79 Å². The highest BCUT2D eigenvalue weighted by Crippen LogP contribution is 2.18. The highest BCUT2D eigenvalue weighted by atomic mass is 32.1. The van der Waals surface area contributed by atoms with Gasteiger partial charge < -0.3 is 0 Å². The first-order valence-corrected chi connectivity index (χ1v) is 4.94. The quantitative estimate of drug-likeness (QED) is 0.674. The Kier molecular flexibility index (Phi) is 2.98. The molecule has 0 saturated heterocycles. The molecular weight excluding hydrogens is 170 g/mol. The van der Waals surface area contributed by atoms with Gasteiger partial charge in [-0.2, -0.15) is 0 Å². The summed E-state index contributed by atoms with van der Waals surface area (Å²) in [6.07, 6.45) is 2.07. The number of aryl methyl sites for hydroxylation is 2. The third-order valence-corrected chi connectivity index (χ3v) is 2.79. The van der Waals surface area contributed by atoms with Crippen molar-refractivity contribution in [3.8, 4) is 0 Å². The molecule has 0 N–H and O–H groups in total. The Hall–Kier alpha value is -0.700. The second-order valence-corrected chi connectivity index (χ2v) is 4.03. The van der Waals surface area contributed by atoms with Crippen molar-refractivity contribution < 1.29 is 4.79 Å². The molecule has 0 aromatic carbocycles. The fourth-order valence-corrected chi connectivity index (χ4v) is 1.90. The van der Waals surface area contributed by atoms with Gasteiger partial charge in [-0.05, 0) is 13.3 Å². The Morgan fingerprint density at radius 2 is 2.25 bits per heavy atom. The highest BCUT2D eigenvalue weighted by molar-refractivity contribution is 7.13. The molecule has 0 fully saturated rings. The third-order valence-electron chi connectivity index (χ3n) is 1.68. The summed E-state index contributed by atoms with van der Waals surface area (Å²) in [4.78, 5) is 16.4. The molecule has 0 atom stereocenters. The van der Waals surface area contributed by atoms with Gasteiger partial charge in [0.05, 0.1) is 5.69 Å². The molecule has 66 valence electrons. The number of carbonyl (C=O) groups is 1. The van der Waals surface area contributed by atoms with Crippen molar-refractivity contribution in [3.05, 3.63) is 15.6 Å². The van der Waals surface area contributed by atoms with Gasteiger partial charge in [0.25, 0.3) is 0 Å². The zero-order chi connectivity index (χ0) is 9.14. The van der Waals surface area contributed by atoms with Crippen molar-refractivity contribution >= 4 is 17.1 Å². The van der Waals surface area contributed by atoms with Crippen LogP contribution in [-0.2, 0) is 6.42 Å². The van der Waals surface area contributed by atoms with E-state index in [1.165, 1.54) is 16.2 Å². The van der Waals surface area contributed by atoms with Gasteiger partial charge >= 0.3 is 0 Å². The van der Waals surface area contributed by atoms with Gasteiger partial charge in [0.1, 0.15) is 0 Å². The first kappa shape index (κ1) is 9.39. The van der Waals surface area contributed by atoms with Crippen LogP contribution in [0.25, 0.3) is 0 Å². The van der Waals surface area contributed by atoms with Gasteiger partial charge in [0.15, 0.2) is 10.8 Å². The number of thiazole rings is 1. The second-order valence-electron chi connectivity index (χ2n) is 2.83. The van der Waals surface area contributed by atoms with Gasteiger partial charge in [-0.15, -0.1) is 11.3 Å². The van der Waals surface area contributed by atoms with E-state index in [2.05, 4.69) is 11.9 Å². The predicted molar refractivity (Wildman–Crippen MR) is 50.9 cm³/mol. The van der Waals surface area contributed by atoms with Crippen molar-refractivity contribution in [3.63, 3.8) is 0 Å². The van der Waals surface area contributed by atoms with Crippen LogP contribution in [0, 0.1) is 6.92 Å². The minimum absolute atomic E-state index is 0.0745. The maximum atomic E-state index is 11.0. The summed E-state index contributed by atoms with van der Waals surface area (Å²) in [7, 11) is 0. The van der Waals surface area contributed by atoms with Crippen LogP contribution in [0.4, 0.5) is 0 Å². The van der Waals surface area contributed by atoms with Gasteiger partial charge in [0, 0.05) is 11.8 Å². The minimum Gasteiger partial charge on any atom is -0.292 e. The molecule has 0 aliphatic rings. The van der Waals surface area contributed by atoms with E-state index in [0.29, 0.717) is 5.01 Å². The van der Waals surface area contributed by atoms with E-state index < -0.39 is 0 Å². The molecule has 0 bridgehead atoms. The van der Waals surface area contributed by atoms with Crippen LogP contribution in [0.5, 0.6) is 0 Å². The Morgan fingerprint density at radius 1 is 1.58 bits per heavy atom. The van der Waals surface area contributed by atoms with E-state index in [9.17, 15) is 4.79 Å². The van der Waals surface area contributed by atoms with E-state index in [1.54, 1.807) is 6.92 Å². The number of nitrogens with zero attached hydrogens (tertiary/aromatic N) is 1. The molecule has 3 heteroatoms. The average molecular weight is 183 g/mol. The summed E-state index contributed by atoms with van der Waals surface area (Å²) in [5.74, 6) is 0.0745. The second kappa shape index (κ2) is 3.81. The molecule has 0 amide bonds. The van der Waals surface area contributed by atoms with Crippen molar-refractivity contribution in [1.29, 1.82) is 0 Å². The molecule has 0 saturated carbocycles. The van der Waals surface area contributed by atoms with Crippen LogP contribution in [0.3, 0.4) is 0 Å². The first-order chi connectivity index (χ1) is 5.65. The van der Waals surface area contributed by atoms with E-state index in [-0.39, 0.29) is 5.78 Å². The number of hydrogen-bond donors (Lipinski definition) is 0. The molecule has 1 heterocycles. The highest BCUT2D eigenvalue weighted by Gasteiger charge is 2.09. The molecule has 0 spiro atoms. The fourth-order valence-electron chi connectivity index (χ4n) is 1.05. The molecule has 0 radical (unpaired) electrons. The Labute approximate surface area is 76.6 Å². The van der Waals surface area contributed by atoms with Crippen LogP contribution >= 0.6 is 11.3 Å². The number of rotatable bonds is 3. The lowest BCUT2D eigenvalue weighted by Gasteiger charge is -1.90. The van der Waals surface area contributed by atoms with Crippen molar-refractivity contribution in [2.45, 2.75) is 33.6 Å². The summed E-state index contributed by atoms with van der Waals surface area (Å²) in [6, 6.07) is 0. The number of Topliss-reactive ketones (excluding diaryl/α,β-unsaturated/α-hetero) is 1. The molecule has 1 aromatic heterocycles. The largest absolute Gasteiger partial charge is 0.292 e. The molecule has 12 heavy (non-hydrogen) atoms. The molecule has 1 rings (SSSR count). The van der Waals surface area contributed by atoms with Gasteiger partial charge in [0.2, 0.25) is 0 Å². The maximum Gasteiger partial charge on any atom is 0.188 e. The third kappa shape index (κ3) is 1.91. The van der Waals surface area contributed by atoms with E-state index in [4.69, 9.17) is 0 Å². The van der Waals surface area contributed by atoms with Crippen molar-refractivity contribution in [2.24, 2.45) is 0 Å². The van der Waals surface area contributed by atoms with E-state index in [0.717, 1.165) is 18.5 Å². The summed E-state index contributed by atoms with van der Waals surface area (Å²) in [5.41, 5.74) is 1.09. The lowest BCUT2D eigenvalue weighted by atomic mass is 10.2. The molecule has 0 aliphatic heterocycles. The smallest absolute Gasteiger partial charge is 0.188 e. The zero-order valence-electron chi connectivity index (χ0n) is 7.68. The molecule has 0 aliphatic carbocycles. The van der Waals surface area contributed by atoms with Crippen LogP contribution < -0.4 is 0 Å². The Morgan fingerprint density at radius 3 is 2.67 bits per heavy atom. The standard InChI is InChI=1S/C9H13NOS/c1-4-5-8-7(3)12-9(10-8)6(2)11/h4-5H2,1-3H3. The number of hydrogen-bond acceptors (Lipinski definition) is 3. The van der Waals surface area contributed by atoms with E-state index >= 15 is 0 Å². The summed E-state index contributed by atoms with van der Waals surface area (Å²) < 4.78 is 0. The van der Waals surface area contributed by atoms with Crippen LogP contribution in [0.15, 0.2) is 0 Å². The molecule has 2 nitrogen and oxygen atoms in total. The molecule has 1 aromatic rings. The average Bonchev–Trinajstić information content (AvgIpc) is 2.34. The summed E-state index contributed by atoms with van der Waals surface area (Å²) in [6.45, 7) is 5.70. The Bertz CT molecular complexity index is 291. The maximum absolute atomic E-state index is 11.0. The number of ketones is 1. The lowest BCUT2D eigenvalue weighted by molar-refractivity contribution is 0.101. The first-order valence-electron chi connectivity index (χ1n) is 4.12. The fraction of sp³-hybridized carbons (Fsp3) is 0.556. The normalized spacial score (nSPS) is 10.2. The van der Waals surface area contributed by atoms with E-state index in [1.807, 2.05) is 6.92 Å². The number of carbonyl (C=O) groups excluding carboxylic acids is 1. The lowest BCUT2D eigenvalue weighted by Crippen LogP contribution is -1.91. The number of aromatic nitrogens is 1. The zero-order valence-corrected chi connectivity index (χ0v) is 8.49. The van der Waals surface area contributed by atoms with Gasteiger partial charge in [-0.25, -0.2) is 4.98 Å². The predicted octanol–water partition coefficient (Wildman–Crippen LogP) is 2.61. The SMILES string of the molecule is CCCc1nc(C(C)=O)sc1C. The summed E-state index contributed by atoms with van der Waals surface area (Å²) >= 11 is 1.50. The van der Waals surface area contributed by atoms with Crippen molar-refractivity contribution in [1.82, 2.24) is 4.98 Å². The monoisotopic (exact) mass is 183 g/mol.